The van der Waals surface area contributed by atoms with Crippen molar-refractivity contribution in [2.45, 2.75) is 41.0 Å². The van der Waals surface area contributed by atoms with Crippen LogP contribution in [0, 0.1) is 0 Å². The lowest BCUT2D eigenvalue weighted by molar-refractivity contribution is 0.132. The molecule has 0 aliphatic heterocycles. The van der Waals surface area contributed by atoms with Gasteiger partial charge in [0, 0.05) is 32.8 Å². The third-order valence-corrected chi connectivity index (χ3v) is 7.75. The van der Waals surface area contributed by atoms with Crippen molar-refractivity contribution in [2.24, 2.45) is 0 Å². The summed E-state index contributed by atoms with van der Waals surface area (Å²) in [7, 11) is -6.22. The Morgan fingerprint density at radius 2 is 1.04 bits per heavy atom. The lowest BCUT2D eigenvalue weighted by atomic mass is 10.4. The van der Waals surface area contributed by atoms with Gasteiger partial charge in [-0.25, -0.2) is 0 Å². The van der Waals surface area contributed by atoms with Crippen molar-refractivity contribution >= 4 is 15.2 Å². The first-order valence-corrected chi connectivity index (χ1v) is 13.4. The summed E-state index contributed by atoms with van der Waals surface area (Å²) in [5.41, 5.74) is 0. The third kappa shape index (κ3) is 13.1. The highest BCUT2D eigenvalue weighted by Gasteiger charge is 2.27. The lowest BCUT2D eigenvalue weighted by Crippen LogP contribution is -2.32. The second-order valence-electron chi connectivity index (χ2n) is 5.73. The molecule has 8 nitrogen and oxygen atoms in total. The molecule has 10 heteroatoms. The maximum atomic E-state index is 12.7. The Hall–Kier alpha value is 0.220. The summed E-state index contributed by atoms with van der Waals surface area (Å²) in [6, 6.07) is 0. The smallest absolute Gasteiger partial charge is 0.331 e. The first kappa shape index (κ1) is 27.2. The Bertz CT molecular complexity index is 397. The molecule has 0 aliphatic carbocycles. The van der Waals surface area contributed by atoms with Crippen LogP contribution in [0.4, 0.5) is 0 Å². The molecule has 0 radical (unpaired) electrons. The molecule has 0 aromatic carbocycles. The highest BCUT2D eigenvalue weighted by atomic mass is 31.2. The van der Waals surface area contributed by atoms with E-state index in [0.29, 0.717) is 52.7 Å². The van der Waals surface area contributed by atoms with Crippen molar-refractivity contribution in [3.05, 3.63) is 0 Å². The van der Waals surface area contributed by atoms with E-state index in [1.807, 2.05) is 6.92 Å². The summed E-state index contributed by atoms with van der Waals surface area (Å²) in [5.74, 6) is 0. The largest absolute Gasteiger partial charge is 0.382 e. The summed E-state index contributed by atoms with van der Waals surface area (Å²) >= 11 is 0. The Balaban J connectivity index is 4.84. The maximum absolute atomic E-state index is 12.7. The minimum absolute atomic E-state index is 0.289. The van der Waals surface area contributed by atoms with Gasteiger partial charge in [0.25, 0.3) is 0 Å². The standard InChI is InChI=1S/C17H39NO7P2/c1-6-21-15-11-12-18(13-16-26(19,22-7-2)23-8-3)14-17-27(20,24-9-4)25-10-5/h6-17H2,1-5H3. The molecule has 0 aromatic rings. The number of ether oxygens (including phenoxy) is 1. The van der Waals surface area contributed by atoms with Gasteiger partial charge in [0.15, 0.2) is 0 Å². The van der Waals surface area contributed by atoms with Crippen LogP contribution in [0.1, 0.15) is 41.0 Å². The topological polar surface area (TPSA) is 83.5 Å². The molecule has 0 saturated carbocycles. The molecule has 0 N–H and O–H groups in total. The van der Waals surface area contributed by atoms with E-state index in [9.17, 15) is 9.13 Å². The number of hydrogen-bond acceptors (Lipinski definition) is 8. The van der Waals surface area contributed by atoms with Crippen LogP contribution in [-0.2, 0) is 32.0 Å². The molecule has 0 saturated heterocycles. The fourth-order valence-corrected chi connectivity index (χ4v) is 5.81. The van der Waals surface area contributed by atoms with Crippen molar-refractivity contribution in [1.29, 1.82) is 0 Å². The van der Waals surface area contributed by atoms with E-state index in [4.69, 9.17) is 22.8 Å². The molecule has 0 bridgehead atoms. The first-order chi connectivity index (χ1) is 12.9. The summed E-state index contributed by atoms with van der Waals surface area (Å²) in [6.45, 7) is 13.6. The van der Waals surface area contributed by atoms with E-state index in [1.165, 1.54) is 0 Å². The Morgan fingerprint density at radius 3 is 1.37 bits per heavy atom. The quantitative estimate of drug-likeness (QED) is 0.222. The zero-order valence-electron chi connectivity index (χ0n) is 17.7. The Kier molecular flexibility index (Phi) is 16.2. The van der Waals surface area contributed by atoms with Crippen molar-refractivity contribution in [3.63, 3.8) is 0 Å². The van der Waals surface area contributed by atoms with E-state index < -0.39 is 15.2 Å². The fraction of sp³-hybridized carbons (Fsp3) is 1.00. The van der Waals surface area contributed by atoms with Crippen LogP contribution in [0.3, 0.4) is 0 Å². The van der Waals surface area contributed by atoms with Crippen LogP contribution >= 0.6 is 15.2 Å². The van der Waals surface area contributed by atoms with Crippen molar-refractivity contribution in [2.75, 3.05) is 71.6 Å². The molecular formula is C17H39NO7P2. The molecule has 0 spiro atoms. The number of nitrogens with zero attached hydrogens (tertiary/aromatic N) is 1. The van der Waals surface area contributed by atoms with Gasteiger partial charge in [0.2, 0.25) is 0 Å². The molecule has 0 atom stereocenters. The molecule has 0 unspecified atom stereocenters. The second-order valence-corrected chi connectivity index (χ2v) is 10.1. The molecule has 0 aliphatic rings. The van der Waals surface area contributed by atoms with Gasteiger partial charge in [0.1, 0.15) is 0 Å². The third-order valence-electron chi connectivity index (χ3n) is 3.65. The van der Waals surface area contributed by atoms with Crippen LogP contribution < -0.4 is 0 Å². The van der Waals surface area contributed by atoms with Gasteiger partial charge in [-0.2, -0.15) is 0 Å². The van der Waals surface area contributed by atoms with Gasteiger partial charge in [-0.3, -0.25) is 9.13 Å². The van der Waals surface area contributed by atoms with Gasteiger partial charge in [-0.15, -0.1) is 0 Å². The predicted octanol–water partition coefficient (Wildman–Crippen LogP) is 4.25. The van der Waals surface area contributed by atoms with Crippen LogP contribution in [0.25, 0.3) is 0 Å². The van der Waals surface area contributed by atoms with E-state index in [2.05, 4.69) is 4.90 Å². The SMILES string of the molecule is CCOCCCN(CCP(=O)(OCC)OCC)CCP(=O)(OCC)OCC. The summed E-state index contributed by atoms with van der Waals surface area (Å²) in [4.78, 5) is 2.09. The molecule has 0 amide bonds. The molecule has 0 fully saturated rings. The predicted molar refractivity (Wildman–Crippen MR) is 109 cm³/mol. The van der Waals surface area contributed by atoms with Gasteiger partial charge in [0.05, 0.1) is 38.8 Å². The van der Waals surface area contributed by atoms with Gasteiger partial charge in [-0.05, 0) is 41.0 Å². The fourth-order valence-electron chi connectivity index (χ4n) is 2.52. The zero-order valence-corrected chi connectivity index (χ0v) is 19.5. The van der Waals surface area contributed by atoms with Crippen molar-refractivity contribution in [1.82, 2.24) is 4.90 Å². The van der Waals surface area contributed by atoms with Gasteiger partial charge < -0.3 is 27.7 Å². The summed E-state index contributed by atoms with van der Waals surface area (Å²) < 4.78 is 52.2. The highest BCUT2D eigenvalue weighted by molar-refractivity contribution is 7.54. The van der Waals surface area contributed by atoms with Crippen LogP contribution in [0.5, 0.6) is 0 Å². The number of rotatable bonds is 19. The van der Waals surface area contributed by atoms with Crippen LogP contribution in [0.2, 0.25) is 0 Å². The van der Waals surface area contributed by atoms with E-state index in [0.717, 1.165) is 13.0 Å². The summed E-state index contributed by atoms with van der Waals surface area (Å²) in [5, 5.41) is 0. The number of hydrogen-bond donors (Lipinski definition) is 0. The van der Waals surface area contributed by atoms with Crippen LogP contribution in [0.15, 0.2) is 0 Å². The molecular weight excluding hydrogens is 392 g/mol. The van der Waals surface area contributed by atoms with E-state index >= 15 is 0 Å². The lowest BCUT2D eigenvalue weighted by Gasteiger charge is -2.26. The first-order valence-electron chi connectivity index (χ1n) is 9.94. The maximum Gasteiger partial charge on any atom is 0.331 e. The zero-order chi connectivity index (χ0) is 20.6. The average molecular weight is 431 g/mol. The molecule has 0 aromatic heterocycles. The van der Waals surface area contributed by atoms with Gasteiger partial charge in [-0.1, -0.05) is 0 Å². The molecule has 164 valence electrons. The van der Waals surface area contributed by atoms with Crippen LogP contribution in [-0.4, -0.2) is 76.5 Å². The van der Waals surface area contributed by atoms with E-state index in [-0.39, 0.29) is 12.3 Å². The van der Waals surface area contributed by atoms with E-state index in [1.54, 1.807) is 27.7 Å². The molecule has 27 heavy (non-hydrogen) atoms. The Morgan fingerprint density at radius 1 is 0.630 bits per heavy atom. The molecule has 0 heterocycles. The Labute approximate surface area is 165 Å². The minimum Gasteiger partial charge on any atom is -0.382 e. The minimum atomic E-state index is -3.11. The summed E-state index contributed by atoms with van der Waals surface area (Å²) in [6.07, 6.45) is 1.41. The highest BCUT2D eigenvalue weighted by Crippen LogP contribution is 2.49. The van der Waals surface area contributed by atoms with Crippen molar-refractivity contribution < 1.29 is 32.0 Å². The normalized spacial score (nSPS) is 12.8. The van der Waals surface area contributed by atoms with Crippen molar-refractivity contribution in [3.8, 4) is 0 Å². The molecule has 0 rings (SSSR count). The van der Waals surface area contributed by atoms with Gasteiger partial charge >= 0.3 is 15.2 Å². The monoisotopic (exact) mass is 431 g/mol. The average Bonchev–Trinajstić information content (AvgIpc) is 2.61. The second kappa shape index (κ2) is 16.1.